The highest BCUT2D eigenvalue weighted by Crippen LogP contribution is 2.32. The fraction of sp³-hybridized carbons (Fsp3) is 0.368. The van der Waals surface area contributed by atoms with E-state index >= 15 is 0 Å². The number of carbonyl (C=O) groups excluding carboxylic acids is 2. The third kappa shape index (κ3) is 4.20. The van der Waals surface area contributed by atoms with Crippen LogP contribution in [0.3, 0.4) is 0 Å². The van der Waals surface area contributed by atoms with Gasteiger partial charge in [0.2, 0.25) is 5.91 Å². The van der Waals surface area contributed by atoms with Crippen LogP contribution >= 0.6 is 11.3 Å². The van der Waals surface area contributed by atoms with Gasteiger partial charge in [-0.2, -0.15) is 0 Å². The lowest BCUT2D eigenvalue weighted by molar-refractivity contribution is -0.117. The van der Waals surface area contributed by atoms with Crippen LogP contribution in [0.25, 0.3) is 0 Å². The Kier molecular flexibility index (Phi) is 5.08. The number of aryl methyl sites for hydroxylation is 1. The average Bonchev–Trinajstić information content (AvgIpc) is 3.34. The van der Waals surface area contributed by atoms with Crippen LogP contribution in [0.1, 0.15) is 33.6 Å². The number of ether oxygens (including phenoxy) is 1. The Balaban J connectivity index is 1.67. The molecule has 0 spiro atoms. The first-order chi connectivity index (χ1) is 12.0. The quantitative estimate of drug-likeness (QED) is 0.857. The minimum absolute atomic E-state index is 0.0544. The second-order valence-corrected chi connectivity index (χ2v) is 7.49. The Morgan fingerprint density at radius 3 is 2.72 bits per heavy atom. The zero-order valence-electron chi connectivity index (χ0n) is 14.7. The van der Waals surface area contributed by atoms with Gasteiger partial charge < -0.3 is 15.0 Å². The first kappa shape index (κ1) is 17.5. The maximum atomic E-state index is 12.7. The van der Waals surface area contributed by atoms with Crippen molar-refractivity contribution in [1.29, 1.82) is 0 Å². The lowest BCUT2D eigenvalue weighted by Crippen LogP contribution is -2.25. The SMILES string of the molecule is COc1ccc(C)cc1CN(C)C(=O)c1ccc(NC(=O)C2CC2)s1. The van der Waals surface area contributed by atoms with E-state index in [1.165, 1.54) is 11.3 Å². The smallest absolute Gasteiger partial charge is 0.264 e. The van der Waals surface area contributed by atoms with Crippen LogP contribution in [0.5, 0.6) is 5.75 Å². The number of methoxy groups -OCH3 is 1. The summed E-state index contributed by atoms with van der Waals surface area (Å²) in [5.41, 5.74) is 2.09. The average molecular weight is 358 g/mol. The van der Waals surface area contributed by atoms with Gasteiger partial charge in [0, 0.05) is 25.1 Å². The number of benzene rings is 1. The largest absolute Gasteiger partial charge is 0.496 e. The molecule has 1 aliphatic carbocycles. The third-order valence-corrected chi connectivity index (χ3v) is 5.19. The molecule has 3 rings (SSSR count). The van der Waals surface area contributed by atoms with Gasteiger partial charge in [0.15, 0.2) is 0 Å². The summed E-state index contributed by atoms with van der Waals surface area (Å²) in [7, 11) is 3.40. The normalized spacial score (nSPS) is 13.4. The molecule has 0 radical (unpaired) electrons. The highest BCUT2D eigenvalue weighted by Gasteiger charge is 2.30. The molecule has 2 amide bonds. The van der Waals surface area contributed by atoms with Crippen molar-refractivity contribution < 1.29 is 14.3 Å². The van der Waals surface area contributed by atoms with E-state index in [1.807, 2.05) is 25.1 Å². The Labute approximate surface area is 151 Å². The van der Waals surface area contributed by atoms with Crippen molar-refractivity contribution >= 4 is 28.2 Å². The van der Waals surface area contributed by atoms with Crippen molar-refractivity contribution in [3.63, 3.8) is 0 Å². The monoisotopic (exact) mass is 358 g/mol. The van der Waals surface area contributed by atoms with E-state index in [4.69, 9.17) is 4.74 Å². The fourth-order valence-corrected chi connectivity index (χ4v) is 3.54. The summed E-state index contributed by atoms with van der Waals surface area (Å²) in [6.45, 7) is 2.48. The highest BCUT2D eigenvalue weighted by molar-refractivity contribution is 7.18. The molecule has 0 aliphatic heterocycles. The van der Waals surface area contributed by atoms with Gasteiger partial charge in [0.05, 0.1) is 17.0 Å². The summed E-state index contributed by atoms with van der Waals surface area (Å²) in [6, 6.07) is 9.48. The van der Waals surface area contributed by atoms with Gasteiger partial charge in [-0.1, -0.05) is 17.7 Å². The van der Waals surface area contributed by atoms with E-state index in [9.17, 15) is 9.59 Å². The molecule has 132 valence electrons. The lowest BCUT2D eigenvalue weighted by Gasteiger charge is -2.18. The number of anilines is 1. The number of carbonyl (C=O) groups is 2. The van der Waals surface area contributed by atoms with Gasteiger partial charge in [-0.25, -0.2) is 0 Å². The number of hydrogen-bond donors (Lipinski definition) is 1. The lowest BCUT2D eigenvalue weighted by atomic mass is 10.1. The first-order valence-electron chi connectivity index (χ1n) is 8.27. The zero-order valence-corrected chi connectivity index (χ0v) is 15.5. The molecule has 0 bridgehead atoms. The van der Waals surface area contributed by atoms with Crippen LogP contribution in [-0.4, -0.2) is 30.9 Å². The summed E-state index contributed by atoms with van der Waals surface area (Å²) >= 11 is 1.31. The van der Waals surface area contributed by atoms with Crippen molar-refractivity contribution in [2.75, 3.05) is 19.5 Å². The molecule has 0 unspecified atom stereocenters. The van der Waals surface area contributed by atoms with Gasteiger partial charge in [0.1, 0.15) is 5.75 Å². The predicted octanol–water partition coefficient (Wildman–Crippen LogP) is 3.69. The third-order valence-electron chi connectivity index (χ3n) is 4.20. The molecule has 1 aliphatic rings. The molecule has 6 heteroatoms. The molecule has 1 saturated carbocycles. The fourth-order valence-electron chi connectivity index (χ4n) is 2.64. The summed E-state index contributed by atoms with van der Waals surface area (Å²) < 4.78 is 5.38. The number of nitrogens with zero attached hydrogens (tertiary/aromatic N) is 1. The molecule has 1 heterocycles. The van der Waals surface area contributed by atoms with Crippen LogP contribution in [0.4, 0.5) is 5.00 Å². The molecule has 1 aromatic carbocycles. The molecule has 2 aromatic rings. The molecule has 1 fully saturated rings. The first-order valence-corrected chi connectivity index (χ1v) is 9.09. The van der Waals surface area contributed by atoms with Gasteiger partial charge >= 0.3 is 0 Å². The van der Waals surface area contributed by atoms with Gasteiger partial charge in [-0.15, -0.1) is 11.3 Å². The van der Waals surface area contributed by atoms with Crippen molar-refractivity contribution in [2.24, 2.45) is 5.92 Å². The molecule has 25 heavy (non-hydrogen) atoms. The molecule has 0 saturated heterocycles. The Hall–Kier alpha value is -2.34. The van der Waals surface area contributed by atoms with Crippen molar-refractivity contribution in [3.8, 4) is 5.75 Å². The number of amides is 2. The second-order valence-electron chi connectivity index (χ2n) is 6.40. The molecule has 5 nitrogen and oxygen atoms in total. The molecule has 1 aromatic heterocycles. The molecule has 1 N–H and O–H groups in total. The van der Waals surface area contributed by atoms with Crippen LogP contribution in [0, 0.1) is 12.8 Å². The van der Waals surface area contributed by atoms with Gasteiger partial charge in [-0.3, -0.25) is 9.59 Å². The minimum Gasteiger partial charge on any atom is -0.496 e. The predicted molar refractivity (Wildman–Crippen MR) is 99.2 cm³/mol. The van der Waals surface area contributed by atoms with E-state index in [2.05, 4.69) is 5.32 Å². The summed E-state index contributed by atoms with van der Waals surface area (Å²) in [6.07, 6.45) is 1.92. The van der Waals surface area contributed by atoms with Gasteiger partial charge in [-0.05, 0) is 38.0 Å². The Bertz CT molecular complexity index is 796. The van der Waals surface area contributed by atoms with Crippen LogP contribution in [0.2, 0.25) is 0 Å². The van der Waals surface area contributed by atoms with E-state index in [0.717, 1.165) is 34.7 Å². The summed E-state index contributed by atoms with van der Waals surface area (Å²) in [5, 5.41) is 3.61. The van der Waals surface area contributed by atoms with E-state index in [-0.39, 0.29) is 17.7 Å². The maximum Gasteiger partial charge on any atom is 0.264 e. The van der Waals surface area contributed by atoms with E-state index < -0.39 is 0 Å². The number of nitrogens with one attached hydrogen (secondary N) is 1. The van der Waals surface area contributed by atoms with E-state index in [0.29, 0.717) is 11.4 Å². The van der Waals surface area contributed by atoms with Gasteiger partial charge in [0.25, 0.3) is 5.91 Å². The zero-order chi connectivity index (χ0) is 18.0. The maximum absolute atomic E-state index is 12.7. The minimum atomic E-state index is -0.0690. The standard InChI is InChI=1S/C19H22N2O3S/c1-12-4-7-15(24-3)14(10-12)11-21(2)19(23)16-8-9-17(25-16)20-18(22)13-5-6-13/h4,7-10,13H,5-6,11H2,1-3H3,(H,20,22). The number of thiophene rings is 1. The summed E-state index contributed by atoms with van der Waals surface area (Å²) in [4.78, 5) is 26.8. The summed E-state index contributed by atoms with van der Waals surface area (Å²) in [5.74, 6) is 0.908. The van der Waals surface area contributed by atoms with Crippen molar-refractivity contribution in [3.05, 3.63) is 46.3 Å². The van der Waals surface area contributed by atoms with Crippen molar-refractivity contribution in [1.82, 2.24) is 4.90 Å². The Morgan fingerprint density at radius 2 is 2.04 bits per heavy atom. The number of rotatable bonds is 6. The van der Waals surface area contributed by atoms with Crippen LogP contribution in [0.15, 0.2) is 30.3 Å². The van der Waals surface area contributed by atoms with Crippen LogP contribution in [-0.2, 0) is 11.3 Å². The topological polar surface area (TPSA) is 58.6 Å². The number of hydrogen-bond acceptors (Lipinski definition) is 4. The van der Waals surface area contributed by atoms with E-state index in [1.54, 1.807) is 31.2 Å². The second kappa shape index (κ2) is 7.27. The molecule has 0 atom stereocenters. The molecular weight excluding hydrogens is 336 g/mol. The molecular formula is C19H22N2O3S. The Morgan fingerprint density at radius 1 is 1.28 bits per heavy atom. The van der Waals surface area contributed by atoms with Crippen molar-refractivity contribution in [2.45, 2.75) is 26.3 Å². The van der Waals surface area contributed by atoms with Crippen LogP contribution < -0.4 is 10.1 Å². The highest BCUT2D eigenvalue weighted by atomic mass is 32.1.